The van der Waals surface area contributed by atoms with E-state index in [9.17, 15) is 0 Å². The van der Waals surface area contributed by atoms with Crippen LogP contribution in [0.25, 0.3) is 55.1 Å². The van der Waals surface area contributed by atoms with Crippen LogP contribution in [-0.4, -0.2) is 5.71 Å². The number of fused-ring (bicyclic) bond motifs is 4. The van der Waals surface area contributed by atoms with E-state index in [0.717, 1.165) is 84.3 Å². The summed E-state index contributed by atoms with van der Waals surface area (Å²) in [6.07, 6.45) is 3.23. The Morgan fingerprint density at radius 2 is 1.23 bits per heavy atom. The van der Waals surface area contributed by atoms with E-state index in [0.29, 0.717) is 0 Å². The van der Waals surface area contributed by atoms with Crippen LogP contribution in [0.3, 0.4) is 0 Å². The van der Waals surface area contributed by atoms with Crippen molar-refractivity contribution in [2.45, 2.75) is 19.3 Å². The third kappa shape index (κ3) is 5.62. The lowest BCUT2D eigenvalue weighted by molar-refractivity contribution is 0.672. The average molecular weight is 731 g/mol. The van der Waals surface area contributed by atoms with Crippen LogP contribution in [0.4, 0.5) is 17.1 Å². The van der Waals surface area contributed by atoms with Crippen LogP contribution in [0, 0.1) is 0 Å². The van der Waals surface area contributed by atoms with Crippen molar-refractivity contribution in [3.63, 3.8) is 0 Å². The van der Waals surface area contributed by atoms with E-state index in [1.54, 1.807) is 0 Å². The summed E-state index contributed by atoms with van der Waals surface area (Å²) in [5.41, 5.74) is 16.4. The number of hydrogen-bond acceptors (Lipinski definition) is 3. The fourth-order valence-corrected chi connectivity index (χ4v) is 8.96. The SMILES string of the molecule is CC1=C(c2ccccc2)N=C2c3ccc4oc5c6ccccc6cc(c5c4c3)N(c3cccc(-c4ccccc4)c3)c3ccc(cc3)C2CC=C1c1ccccc1. The first-order valence-electron chi connectivity index (χ1n) is 19.7. The van der Waals surface area contributed by atoms with E-state index < -0.39 is 0 Å². The third-order valence-electron chi connectivity index (χ3n) is 11.8. The third-order valence-corrected chi connectivity index (χ3v) is 11.8. The molecule has 0 fully saturated rings. The first-order chi connectivity index (χ1) is 28.2. The van der Waals surface area contributed by atoms with Crippen molar-refractivity contribution in [3.05, 3.63) is 222 Å². The van der Waals surface area contributed by atoms with Crippen molar-refractivity contribution in [1.82, 2.24) is 0 Å². The van der Waals surface area contributed by atoms with Gasteiger partial charge in [0.1, 0.15) is 11.2 Å². The smallest absolute Gasteiger partial charge is 0.145 e. The largest absolute Gasteiger partial charge is 0.455 e. The molecule has 3 nitrogen and oxygen atoms in total. The summed E-state index contributed by atoms with van der Waals surface area (Å²) in [7, 11) is 0. The summed E-state index contributed by atoms with van der Waals surface area (Å²) in [6, 6.07) is 67.7. The maximum absolute atomic E-state index is 6.91. The Hall–Kier alpha value is -7.23. The summed E-state index contributed by atoms with van der Waals surface area (Å²) in [5.74, 6) is -0.00484. The molecule has 12 rings (SSSR count). The lowest BCUT2D eigenvalue weighted by Crippen LogP contribution is -2.17. The fraction of sp³-hybridized carbons (Fsp3) is 0.0556. The van der Waals surface area contributed by atoms with Gasteiger partial charge >= 0.3 is 0 Å². The van der Waals surface area contributed by atoms with E-state index in [-0.39, 0.29) is 5.92 Å². The highest BCUT2D eigenvalue weighted by molar-refractivity contribution is 6.23. The Bertz CT molecular complexity index is 3080. The molecule has 0 saturated heterocycles. The topological polar surface area (TPSA) is 28.7 Å². The van der Waals surface area contributed by atoms with Crippen LogP contribution < -0.4 is 4.90 Å². The molecule has 0 aliphatic carbocycles. The van der Waals surface area contributed by atoms with E-state index in [4.69, 9.17) is 9.41 Å². The summed E-state index contributed by atoms with van der Waals surface area (Å²) >= 11 is 0. The lowest BCUT2D eigenvalue weighted by atomic mass is 9.83. The molecule has 57 heavy (non-hydrogen) atoms. The van der Waals surface area contributed by atoms with E-state index in [2.05, 4.69) is 206 Å². The number of allylic oxidation sites excluding steroid dienone is 3. The van der Waals surface area contributed by atoms with Crippen LogP contribution in [0.15, 0.2) is 209 Å². The zero-order valence-corrected chi connectivity index (χ0v) is 31.6. The summed E-state index contributed by atoms with van der Waals surface area (Å²) < 4.78 is 6.91. The van der Waals surface area contributed by atoms with Gasteiger partial charge in [0.25, 0.3) is 0 Å². The predicted molar refractivity (Wildman–Crippen MR) is 239 cm³/mol. The number of benzene rings is 8. The number of nitrogens with zero attached hydrogens (tertiary/aromatic N) is 2. The van der Waals surface area contributed by atoms with Crippen molar-refractivity contribution in [1.29, 1.82) is 0 Å². The molecule has 3 heteroatoms. The normalized spacial score (nSPS) is 15.3. The minimum atomic E-state index is -0.00484. The Morgan fingerprint density at radius 3 is 2.00 bits per heavy atom. The van der Waals surface area contributed by atoms with Gasteiger partial charge in [-0.3, -0.25) is 4.99 Å². The van der Waals surface area contributed by atoms with E-state index in [1.807, 2.05) is 0 Å². The van der Waals surface area contributed by atoms with Gasteiger partial charge in [-0.25, -0.2) is 0 Å². The molecule has 0 amide bonds. The summed E-state index contributed by atoms with van der Waals surface area (Å²) in [4.78, 5) is 8.18. The van der Waals surface area contributed by atoms with Crippen molar-refractivity contribution >= 4 is 66.8 Å². The Balaban J connectivity index is 1.22. The molecule has 0 spiro atoms. The second-order valence-corrected chi connectivity index (χ2v) is 15.1. The molecule has 1 aromatic heterocycles. The van der Waals surface area contributed by atoms with Gasteiger partial charge in [0.2, 0.25) is 0 Å². The van der Waals surface area contributed by atoms with Gasteiger partial charge in [-0.2, -0.15) is 0 Å². The highest BCUT2D eigenvalue weighted by Gasteiger charge is 2.28. The van der Waals surface area contributed by atoms with Crippen LogP contribution >= 0.6 is 0 Å². The molecule has 270 valence electrons. The zero-order chi connectivity index (χ0) is 37.9. The second-order valence-electron chi connectivity index (χ2n) is 15.1. The van der Waals surface area contributed by atoms with Crippen LogP contribution in [0.5, 0.6) is 0 Å². The van der Waals surface area contributed by atoms with Gasteiger partial charge in [-0.1, -0.05) is 146 Å². The van der Waals surface area contributed by atoms with Crippen LogP contribution in [0.2, 0.25) is 0 Å². The second kappa shape index (κ2) is 13.5. The van der Waals surface area contributed by atoms with Crippen LogP contribution in [0.1, 0.15) is 41.5 Å². The molecule has 1 atom stereocenters. The minimum absolute atomic E-state index is 0.00484. The van der Waals surface area contributed by atoms with Gasteiger partial charge in [-0.05, 0) is 106 Å². The van der Waals surface area contributed by atoms with Gasteiger partial charge in [0, 0.05) is 33.6 Å². The molecular weight excluding hydrogens is 693 g/mol. The Kier molecular flexibility index (Phi) is 7.85. The van der Waals surface area contributed by atoms with Gasteiger partial charge in [-0.15, -0.1) is 0 Å². The molecule has 8 aromatic carbocycles. The van der Waals surface area contributed by atoms with Crippen molar-refractivity contribution in [2.75, 3.05) is 4.90 Å². The molecule has 4 bridgehead atoms. The molecule has 0 radical (unpaired) electrons. The number of hydrogen-bond donors (Lipinski definition) is 0. The van der Waals surface area contributed by atoms with Crippen molar-refractivity contribution in [2.24, 2.45) is 4.99 Å². The quantitative estimate of drug-likeness (QED) is 0.180. The summed E-state index contributed by atoms with van der Waals surface area (Å²) in [5, 5.41) is 4.39. The standard InChI is InChI=1S/C54H38N2O/c1-35-45(37-16-7-3-8-17-37)29-30-46-38-24-27-43(28-25-38)56(44-22-13-21-40(32-44)36-14-5-2-6-15-36)49-34-41-20-11-12-23-47(41)54-51(49)48-33-42(26-31-50(48)57-54)53(46)55-52(35)39-18-9-4-10-19-39/h2-29,31-34,46H,30H2,1H3. The fourth-order valence-electron chi connectivity index (χ4n) is 8.96. The molecule has 3 aliphatic rings. The molecule has 9 aromatic rings. The van der Waals surface area contributed by atoms with Gasteiger partial charge in [0.15, 0.2) is 0 Å². The lowest BCUT2D eigenvalue weighted by Gasteiger charge is -2.29. The van der Waals surface area contributed by atoms with E-state index >= 15 is 0 Å². The average Bonchev–Trinajstić information content (AvgIpc) is 3.66. The number of anilines is 3. The number of aliphatic imine (C=N–C) groups is 1. The number of furan rings is 1. The minimum Gasteiger partial charge on any atom is -0.455 e. The van der Waals surface area contributed by atoms with Crippen molar-refractivity contribution in [3.8, 4) is 11.1 Å². The monoisotopic (exact) mass is 730 g/mol. The molecule has 0 saturated carbocycles. The Labute approximate surface area is 332 Å². The molecule has 3 aliphatic heterocycles. The first-order valence-corrected chi connectivity index (χ1v) is 19.7. The predicted octanol–water partition coefficient (Wildman–Crippen LogP) is 14.7. The zero-order valence-electron chi connectivity index (χ0n) is 31.6. The first kappa shape index (κ1) is 33.1. The van der Waals surface area contributed by atoms with Gasteiger partial charge < -0.3 is 9.32 Å². The maximum atomic E-state index is 6.91. The van der Waals surface area contributed by atoms with Gasteiger partial charge in [0.05, 0.1) is 22.5 Å². The highest BCUT2D eigenvalue weighted by Crippen LogP contribution is 2.48. The molecule has 0 N–H and O–H groups in total. The highest BCUT2D eigenvalue weighted by atomic mass is 16.3. The van der Waals surface area contributed by atoms with Crippen LogP contribution in [-0.2, 0) is 0 Å². The van der Waals surface area contributed by atoms with E-state index in [1.165, 1.54) is 27.8 Å². The molecular formula is C54H38N2O. The molecule has 4 heterocycles. The summed E-state index contributed by atoms with van der Waals surface area (Å²) in [6.45, 7) is 2.22. The Morgan fingerprint density at radius 1 is 0.544 bits per heavy atom. The number of rotatable bonds is 4. The van der Waals surface area contributed by atoms with Crippen molar-refractivity contribution < 1.29 is 4.42 Å². The molecule has 1 unspecified atom stereocenters. The maximum Gasteiger partial charge on any atom is 0.145 e.